The monoisotopic (exact) mass is 354 g/mol. The van der Waals surface area contributed by atoms with Crippen LogP contribution in [0.25, 0.3) is 0 Å². The van der Waals surface area contributed by atoms with Crippen molar-refractivity contribution in [2.45, 2.75) is 77.0 Å². The van der Waals surface area contributed by atoms with Crippen molar-refractivity contribution in [3.05, 3.63) is 29.8 Å². The minimum atomic E-state index is -0.635. The van der Waals surface area contributed by atoms with E-state index in [9.17, 15) is 4.79 Å². The molecule has 0 radical (unpaired) electrons. The van der Waals surface area contributed by atoms with Crippen LogP contribution < -0.4 is 15.8 Å². The lowest BCUT2D eigenvalue weighted by Crippen LogP contribution is -2.54. The minimum Gasteiger partial charge on any atom is -0.491 e. The first kappa shape index (κ1) is 20.8. The number of rotatable bonds is 7. The zero-order valence-electron chi connectivity index (χ0n) is 15.0. The van der Waals surface area contributed by atoms with Gasteiger partial charge in [-0.1, -0.05) is 25.0 Å². The Morgan fingerprint density at radius 1 is 1.21 bits per heavy atom. The van der Waals surface area contributed by atoms with Gasteiger partial charge in [0.15, 0.2) is 0 Å². The van der Waals surface area contributed by atoms with Crippen LogP contribution in [0, 0.1) is 0 Å². The Morgan fingerprint density at radius 2 is 1.79 bits per heavy atom. The molecule has 0 aromatic heterocycles. The highest BCUT2D eigenvalue weighted by atomic mass is 35.5. The van der Waals surface area contributed by atoms with E-state index in [1.54, 1.807) is 0 Å². The van der Waals surface area contributed by atoms with E-state index in [1.165, 1.54) is 5.56 Å². The summed E-state index contributed by atoms with van der Waals surface area (Å²) in [6.45, 7) is 6.09. The number of benzene rings is 1. The first-order valence-corrected chi connectivity index (χ1v) is 8.74. The number of hydrogen-bond acceptors (Lipinski definition) is 3. The second kappa shape index (κ2) is 9.28. The highest BCUT2D eigenvalue weighted by Crippen LogP contribution is 2.27. The summed E-state index contributed by atoms with van der Waals surface area (Å²) in [6, 6.07) is 8.33. The molecule has 24 heavy (non-hydrogen) atoms. The fourth-order valence-corrected chi connectivity index (χ4v) is 3.06. The van der Waals surface area contributed by atoms with Crippen molar-refractivity contribution in [3.8, 4) is 5.75 Å². The topological polar surface area (TPSA) is 64.3 Å². The quantitative estimate of drug-likeness (QED) is 0.786. The number of halogens is 1. The van der Waals surface area contributed by atoms with Gasteiger partial charge >= 0.3 is 0 Å². The molecule has 1 unspecified atom stereocenters. The molecule has 0 aliphatic heterocycles. The Kier molecular flexibility index (Phi) is 8.04. The van der Waals surface area contributed by atoms with Crippen molar-refractivity contribution >= 4 is 18.3 Å². The summed E-state index contributed by atoms with van der Waals surface area (Å²) < 4.78 is 5.64. The molecule has 1 aliphatic carbocycles. The summed E-state index contributed by atoms with van der Waals surface area (Å²) >= 11 is 0. The van der Waals surface area contributed by atoms with Crippen LogP contribution in [-0.4, -0.2) is 23.6 Å². The van der Waals surface area contributed by atoms with Crippen molar-refractivity contribution in [1.29, 1.82) is 0 Å². The van der Waals surface area contributed by atoms with Crippen molar-refractivity contribution in [2.24, 2.45) is 5.73 Å². The Balaban J connectivity index is 0.00000288. The molecular weight excluding hydrogens is 324 g/mol. The van der Waals surface area contributed by atoms with Crippen LogP contribution in [0.5, 0.6) is 5.75 Å². The van der Waals surface area contributed by atoms with Gasteiger partial charge in [-0.25, -0.2) is 0 Å². The van der Waals surface area contributed by atoms with E-state index in [-0.39, 0.29) is 30.5 Å². The van der Waals surface area contributed by atoms with Gasteiger partial charge in [-0.2, -0.15) is 0 Å². The van der Waals surface area contributed by atoms with E-state index < -0.39 is 5.54 Å². The van der Waals surface area contributed by atoms with Gasteiger partial charge in [-0.3, -0.25) is 4.79 Å². The number of ether oxygens (including phenoxy) is 1. The molecule has 0 saturated heterocycles. The van der Waals surface area contributed by atoms with Crippen LogP contribution in [0.15, 0.2) is 24.3 Å². The predicted octanol–water partition coefficient (Wildman–Crippen LogP) is 3.60. The van der Waals surface area contributed by atoms with Crippen LogP contribution in [0.2, 0.25) is 0 Å². The Hall–Kier alpha value is -1.26. The van der Waals surface area contributed by atoms with Gasteiger partial charge in [0.05, 0.1) is 11.6 Å². The maximum atomic E-state index is 12.3. The van der Waals surface area contributed by atoms with Crippen molar-refractivity contribution in [2.75, 3.05) is 0 Å². The smallest absolute Gasteiger partial charge is 0.240 e. The Labute approximate surface area is 151 Å². The Bertz CT molecular complexity index is 511. The molecule has 1 fully saturated rings. The van der Waals surface area contributed by atoms with E-state index in [0.717, 1.165) is 44.3 Å². The molecule has 1 aromatic carbocycles. The normalized spacial score (nSPS) is 17.2. The third kappa shape index (κ3) is 5.99. The van der Waals surface area contributed by atoms with Crippen LogP contribution in [0.1, 0.15) is 58.4 Å². The SMILES string of the molecule is CC(CCc1ccc(OC(C)C)cc1)NC(=O)C1(N)CCCC1.Cl. The van der Waals surface area contributed by atoms with Crippen molar-refractivity contribution < 1.29 is 9.53 Å². The maximum Gasteiger partial charge on any atom is 0.240 e. The van der Waals surface area contributed by atoms with Gasteiger partial charge in [0.25, 0.3) is 0 Å². The average molecular weight is 355 g/mol. The second-order valence-corrected chi connectivity index (χ2v) is 7.09. The molecular formula is C19H31ClN2O2. The summed E-state index contributed by atoms with van der Waals surface area (Å²) in [7, 11) is 0. The van der Waals surface area contributed by atoms with E-state index in [0.29, 0.717) is 0 Å². The van der Waals surface area contributed by atoms with Gasteiger partial charge < -0.3 is 15.8 Å². The largest absolute Gasteiger partial charge is 0.491 e. The number of amides is 1. The lowest BCUT2D eigenvalue weighted by molar-refractivity contribution is -0.126. The van der Waals surface area contributed by atoms with Crippen molar-refractivity contribution in [1.82, 2.24) is 5.32 Å². The van der Waals surface area contributed by atoms with Crippen LogP contribution in [0.4, 0.5) is 0 Å². The summed E-state index contributed by atoms with van der Waals surface area (Å²) in [5.41, 5.74) is 6.81. The van der Waals surface area contributed by atoms with E-state index in [4.69, 9.17) is 10.5 Å². The summed E-state index contributed by atoms with van der Waals surface area (Å²) in [5, 5.41) is 3.08. The van der Waals surface area contributed by atoms with Gasteiger partial charge in [0.1, 0.15) is 5.75 Å². The molecule has 1 saturated carbocycles. The predicted molar refractivity (Wildman–Crippen MR) is 101 cm³/mol. The fourth-order valence-electron chi connectivity index (χ4n) is 3.06. The maximum absolute atomic E-state index is 12.3. The summed E-state index contributed by atoms with van der Waals surface area (Å²) in [5.74, 6) is 0.916. The molecule has 1 atom stereocenters. The molecule has 5 heteroatoms. The standard InChI is InChI=1S/C19H30N2O2.ClH/c1-14(2)23-17-10-8-16(9-11-17)7-6-15(3)21-18(22)19(20)12-4-5-13-19;/h8-11,14-15H,4-7,12-13,20H2,1-3H3,(H,21,22);1H. The van der Waals surface area contributed by atoms with Gasteiger partial charge in [0, 0.05) is 6.04 Å². The van der Waals surface area contributed by atoms with E-state index >= 15 is 0 Å². The van der Waals surface area contributed by atoms with E-state index in [1.807, 2.05) is 32.9 Å². The molecule has 0 bridgehead atoms. The van der Waals surface area contributed by atoms with Crippen LogP contribution in [-0.2, 0) is 11.2 Å². The van der Waals surface area contributed by atoms with Gasteiger partial charge in [-0.05, 0) is 64.2 Å². The number of nitrogens with one attached hydrogen (secondary N) is 1. The highest BCUT2D eigenvalue weighted by molar-refractivity contribution is 5.86. The lowest BCUT2D eigenvalue weighted by Gasteiger charge is -2.25. The van der Waals surface area contributed by atoms with E-state index in [2.05, 4.69) is 17.4 Å². The first-order chi connectivity index (χ1) is 10.9. The number of carbonyl (C=O) groups is 1. The molecule has 0 heterocycles. The second-order valence-electron chi connectivity index (χ2n) is 7.09. The average Bonchev–Trinajstić information content (AvgIpc) is 2.94. The molecule has 4 nitrogen and oxygen atoms in total. The zero-order valence-corrected chi connectivity index (χ0v) is 15.8. The van der Waals surface area contributed by atoms with Crippen LogP contribution in [0.3, 0.4) is 0 Å². The number of hydrogen-bond donors (Lipinski definition) is 2. The number of nitrogens with two attached hydrogens (primary N) is 1. The lowest BCUT2D eigenvalue weighted by atomic mass is 9.97. The molecule has 1 amide bonds. The molecule has 3 N–H and O–H groups in total. The zero-order chi connectivity index (χ0) is 16.9. The molecule has 136 valence electrons. The molecule has 1 aromatic rings. The number of aryl methyl sites for hydroxylation is 1. The molecule has 0 spiro atoms. The third-order valence-corrected chi connectivity index (χ3v) is 4.49. The number of carbonyl (C=O) groups excluding carboxylic acids is 1. The van der Waals surface area contributed by atoms with Gasteiger partial charge in [0.2, 0.25) is 5.91 Å². The first-order valence-electron chi connectivity index (χ1n) is 8.74. The minimum absolute atomic E-state index is 0. The third-order valence-electron chi connectivity index (χ3n) is 4.49. The summed E-state index contributed by atoms with van der Waals surface area (Å²) in [6.07, 6.45) is 5.76. The van der Waals surface area contributed by atoms with Crippen molar-refractivity contribution in [3.63, 3.8) is 0 Å². The van der Waals surface area contributed by atoms with Gasteiger partial charge in [-0.15, -0.1) is 12.4 Å². The molecule has 2 rings (SSSR count). The highest BCUT2D eigenvalue weighted by Gasteiger charge is 2.37. The Morgan fingerprint density at radius 3 is 2.33 bits per heavy atom. The van der Waals surface area contributed by atoms with Crippen LogP contribution >= 0.6 is 12.4 Å². The fraction of sp³-hybridized carbons (Fsp3) is 0.632. The molecule has 1 aliphatic rings. The summed E-state index contributed by atoms with van der Waals surface area (Å²) in [4.78, 5) is 12.3.